The highest BCUT2D eigenvalue weighted by Crippen LogP contribution is 2.46. The van der Waals surface area contributed by atoms with Crippen molar-refractivity contribution in [2.24, 2.45) is 10.7 Å². The molecular formula is C23H30N4O10S. The lowest BCUT2D eigenvalue weighted by Crippen LogP contribution is -2.73. The molecule has 0 radical (unpaired) electrons. The zero-order valence-corrected chi connectivity index (χ0v) is 21.3. The molecule has 1 aromatic rings. The van der Waals surface area contributed by atoms with Gasteiger partial charge in [-0.25, -0.2) is 4.99 Å². The summed E-state index contributed by atoms with van der Waals surface area (Å²) in [6, 6.07) is 8.17. The van der Waals surface area contributed by atoms with Gasteiger partial charge in [0.15, 0.2) is 0 Å². The molecule has 15 heteroatoms. The molecule has 0 aromatic heterocycles. The van der Waals surface area contributed by atoms with Gasteiger partial charge in [-0.15, -0.1) is 0 Å². The highest BCUT2D eigenvalue weighted by atomic mass is 32.1. The number of nitrogens with zero attached hydrogens (tertiary/aromatic N) is 3. The Labute approximate surface area is 223 Å². The van der Waals surface area contributed by atoms with Gasteiger partial charge in [-0.2, -0.15) is 0 Å². The summed E-state index contributed by atoms with van der Waals surface area (Å²) in [6.45, 7) is -1.33. The van der Waals surface area contributed by atoms with Crippen molar-refractivity contribution in [3.63, 3.8) is 0 Å². The second kappa shape index (κ2) is 14.3. The molecule has 0 bridgehead atoms. The number of thiocarbonyl (C=S) groups is 1. The Balaban J connectivity index is 4.26. The van der Waals surface area contributed by atoms with Gasteiger partial charge in [-0.1, -0.05) is 30.3 Å². The zero-order valence-electron chi connectivity index (χ0n) is 20.5. The van der Waals surface area contributed by atoms with Gasteiger partial charge in [0.25, 0.3) is 0 Å². The first kappa shape index (κ1) is 32.3. The molecule has 0 fully saturated rings. The topological polar surface area (TPSA) is 231 Å². The Morgan fingerprint density at radius 2 is 1.37 bits per heavy atom. The van der Waals surface area contributed by atoms with Crippen molar-refractivity contribution in [2.45, 2.75) is 43.4 Å². The lowest BCUT2D eigenvalue weighted by molar-refractivity contribution is -0.171. The number of hydrogen-bond donors (Lipinski definition) is 6. The Morgan fingerprint density at radius 3 is 1.74 bits per heavy atom. The summed E-state index contributed by atoms with van der Waals surface area (Å²) in [4.78, 5) is 66.3. The molecule has 0 aliphatic heterocycles. The van der Waals surface area contributed by atoms with Crippen LogP contribution in [0, 0.1) is 0 Å². The standard InChI is InChI=1S/C23H30N4O10S/c1-22(9-16(28)29,27(8-7-24)21(25-14-38)15-5-3-2-4-6-15)23(10-17(30)31,11-18(32)33)26(12-19(34)35)13-20(36)37/h2-6,21H,7-13,24H2,1H3,(H,28,29)(H,30,31)(H,32,33)(H,34,35)(H,36,37). The van der Waals surface area contributed by atoms with E-state index in [0.717, 1.165) is 0 Å². The van der Waals surface area contributed by atoms with E-state index < -0.39 is 79.4 Å². The van der Waals surface area contributed by atoms with Crippen LogP contribution in [0.3, 0.4) is 0 Å². The summed E-state index contributed by atoms with van der Waals surface area (Å²) in [6.07, 6.45) is -4.37. The van der Waals surface area contributed by atoms with E-state index in [4.69, 9.17) is 18.0 Å². The molecule has 0 spiro atoms. The van der Waals surface area contributed by atoms with E-state index in [9.17, 15) is 49.5 Å². The Bertz CT molecular complexity index is 1050. The second-order valence-corrected chi connectivity index (χ2v) is 8.83. The highest BCUT2D eigenvalue weighted by molar-refractivity contribution is 7.78. The molecule has 38 heavy (non-hydrogen) atoms. The van der Waals surface area contributed by atoms with Crippen LogP contribution < -0.4 is 5.73 Å². The molecule has 7 N–H and O–H groups in total. The maximum absolute atomic E-state index is 12.3. The summed E-state index contributed by atoms with van der Waals surface area (Å²) in [5.41, 5.74) is 1.75. The number of carbonyl (C=O) groups is 5. The number of nitrogens with two attached hydrogens (primary N) is 1. The van der Waals surface area contributed by atoms with Gasteiger partial charge in [0.05, 0.1) is 48.6 Å². The number of hydrogen-bond acceptors (Lipinski definition) is 10. The molecule has 0 saturated carbocycles. The molecule has 208 valence electrons. The van der Waals surface area contributed by atoms with E-state index in [-0.39, 0.29) is 13.1 Å². The smallest absolute Gasteiger partial charge is 0.317 e. The summed E-state index contributed by atoms with van der Waals surface area (Å²) in [7, 11) is 0. The van der Waals surface area contributed by atoms with E-state index in [1.54, 1.807) is 30.3 Å². The number of rotatable bonds is 18. The fourth-order valence-electron chi connectivity index (χ4n) is 4.80. The Morgan fingerprint density at radius 1 is 0.895 bits per heavy atom. The first-order valence-electron chi connectivity index (χ1n) is 11.2. The van der Waals surface area contributed by atoms with Crippen LogP contribution in [0.5, 0.6) is 0 Å². The Hall–Kier alpha value is -3.75. The lowest BCUT2D eigenvalue weighted by atomic mass is 9.68. The van der Waals surface area contributed by atoms with Gasteiger partial charge in [-0.05, 0) is 24.7 Å². The monoisotopic (exact) mass is 554 g/mol. The molecule has 0 aliphatic carbocycles. The predicted octanol–water partition coefficient (Wildman–Crippen LogP) is 0.442. The highest BCUT2D eigenvalue weighted by Gasteiger charge is 2.60. The van der Waals surface area contributed by atoms with Crippen LogP contribution in [0.1, 0.15) is 37.9 Å². The van der Waals surface area contributed by atoms with Crippen LogP contribution in [0.2, 0.25) is 0 Å². The number of aliphatic carboxylic acids is 5. The van der Waals surface area contributed by atoms with Crippen LogP contribution in [0.15, 0.2) is 35.3 Å². The first-order chi connectivity index (χ1) is 17.7. The molecule has 0 amide bonds. The number of carboxylic acid groups (broad SMARTS) is 5. The quantitative estimate of drug-likeness (QED) is 0.107. The summed E-state index contributed by atoms with van der Waals surface area (Å²) in [5.74, 6) is -7.92. The van der Waals surface area contributed by atoms with Crippen molar-refractivity contribution in [2.75, 3.05) is 26.2 Å². The fourth-order valence-corrected chi connectivity index (χ4v) is 4.90. The third-order valence-electron chi connectivity index (χ3n) is 6.21. The normalized spacial score (nSPS) is 13.8. The first-order valence-corrected chi connectivity index (χ1v) is 11.6. The minimum absolute atomic E-state index is 0.153. The molecule has 0 heterocycles. The van der Waals surface area contributed by atoms with E-state index >= 15 is 0 Å². The second-order valence-electron chi connectivity index (χ2n) is 8.65. The largest absolute Gasteiger partial charge is 0.481 e. The molecule has 0 aliphatic rings. The number of benzene rings is 1. The third-order valence-corrected chi connectivity index (χ3v) is 6.32. The van der Waals surface area contributed by atoms with Crippen molar-refractivity contribution in [3.05, 3.63) is 35.9 Å². The van der Waals surface area contributed by atoms with Gasteiger partial charge in [0, 0.05) is 13.1 Å². The molecule has 1 rings (SSSR count). The van der Waals surface area contributed by atoms with E-state index in [1.807, 2.05) is 0 Å². The average molecular weight is 555 g/mol. The van der Waals surface area contributed by atoms with Crippen molar-refractivity contribution >= 4 is 47.2 Å². The van der Waals surface area contributed by atoms with Gasteiger partial charge < -0.3 is 31.3 Å². The molecule has 1 aromatic carbocycles. The minimum atomic E-state index is -2.42. The van der Waals surface area contributed by atoms with Crippen molar-refractivity contribution < 1.29 is 49.5 Å². The maximum Gasteiger partial charge on any atom is 0.317 e. The van der Waals surface area contributed by atoms with Gasteiger partial charge in [-0.3, -0.25) is 33.8 Å². The number of isothiocyanates is 1. The third kappa shape index (κ3) is 8.13. The van der Waals surface area contributed by atoms with E-state index in [0.29, 0.717) is 10.5 Å². The van der Waals surface area contributed by atoms with Gasteiger partial charge in [0.2, 0.25) is 0 Å². The average Bonchev–Trinajstić information content (AvgIpc) is 2.79. The number of aliphatic imine (C=N–C) groups is 1. The van der Waals surface area contributed by atoms with Crippen LogP contribution in [-0.4, -0.2) is 108 Å². The SMILES string of the molecule is CC(CC(=O)O)(N(CCN)C(N=C=S)c1ccccc1)C(CC(=O)O)(CC(=O)O)N(CC(=O)O)CC(=O)O. The summed E-state index contributed by atoms with van der Waals surface area (Å²) in [5, 5.41) is 51.1. The van der Waals surface area contributed by atoms with Crippen molar-refractivity contribution in [1.29, 1.82) is 0 Å². The van der Waals surface area contributed by atoms with Crippen LogP contribution >= 0.6 is 12.2 Å². The van der Waals surface area contributed by atoms with Crippen LogP contribution in [0.25, 0.3) is 0 Å². The maximum atomic E-state index is 12.3. The fraction of sp³-hybridized carbons (Fsp3) is 0.478. The molecule has 2 unspecified atom stereocenters. The lowest BCUT2D eigenvalue weighted by Gasteiger charge is -2.58. The minimum Gasteiger partial charge on any atom is -0.481 e. The summed E-state index contributed by atoms with van der Waals surface area (Å²) >= 11 is 4.80. The Kier molecular flexibility index (Phi) is 12.1. The van der Waals surface area contributed by atoms with Gasteiger partial charge in [0.1, 0.15) is 6.17 Å². The van der Waals surface area contributed by atoms with E-state index in [1.165, 1.54) is 11.8 Å². The molecular weight excluding hydrogens is 524 g/mol. The molecule has 0 saturated heterocycles. The van der Waals surface area contributed by atoms with Crippen molar-refractivity contribution in [3.8, 4) is 0 Å². The summed E-state index contributed by atoms with van der Waals surface area (Å²) < 4.78 is 0. The zero-order chi connectivity index (χ0) is 29.1. The molecule has 14 nitrogen and oxygen atoms in total. The van der Waals surface area contributed by atoms with Crippen LogP contribution in [0.4, 0.5) is 0 Å². The predicted molar refractivity (Wildman–Crippen MR) is 135 cm³/mol. The van der Waals surface area contributed by atoms with E-state index in [2.05, 4.69) is 10.2 Å². The van der Waals surface area contributed by atoms with Gasteiger partial charge >= 0.3 is 29.8 Å². The number of carboxylic acids is 5. The molecule has 2 atom stereocenters. The van der Waals surface area contributed by atoms with Crippen LogP contribution in [-0.2, 0) is 24.0 Å². The van der Waals surface area contributed by atoms with Crippen molar-refractivity contribution in [1.82, 2.24) is 9.80 Å².